The quantitative estimate of drug-likeness (QED) is 0.730. The first-order valence-electron chi connectivity index (χ1n) is 8.01. The Labute approximate surface area is 139 Å². The van der Waals surface area contributed by atoms with E-state index in [0.29, 0.717) is 6.04 Å². The largest absolute Gasteiger partial charge is 0.377 e. The molecule has 1 aliphatic rings. The van der Waals surface area contributed by atoms with Crippen LogP contribution in [0.2, 0.25) is 0 Å². The highest BCUT2D eigenvalue weighted by Gasteiger charge is 2.25. The summed E-state index contributed by atoms with van der Waals surface area (Å²) in [5.41, 5.74) is 1.23. The first-order valence-corrected chi connectivity index (χ1v) is 8.83. The van der Waals surface area contributed by atoms with Crippen LogP contribution in [0.5, 0.6) is 0 Å². The van der Waals surface area contributed by atoms with Gasteiger partial charge in [-0.2, -0.15) is 0 Å². The lowest BCUT2D eigenvalue weighted by Gasteiger charge is -2.36. The second-order valence-electron chi connectivity index (χ2n) is 5.72. The average Bonchev–Trinajstić information content (AvgIpc) is 3.07. The molecule has 23 heavy (non-hydrogen) atoms. The molecule has 2 aromatic heterocycles. The van der Waals surface area contributed by atoms with Crippen LogP contribution in [-0.2, 0) is 4.74 Å². The van der Waals surface area contributed by atoms with Gasteiger partial charge in [-0.1, -0.05) is 37.3 Å². The lowest BCUT2D eigenvalue weighted by molar-refractivity contribution is 0.0927. The topological polar surface area (TPSA) is 38.2 Å². The van der Waals surface area contributed by atoms with Gasteiger partial charge in [0.15, 0.2) is 0 Å². The molecule has 1 unspecified atom stereocenters. The number of thiophene rings is 1. The molecule has 1 saturated heterocycles. The van der Waals surface area contributed by atoms with Crippen molar-refractivity contribution in [1.82, 2.24) is 9.97 Å². The Morgan fingerprint density at radius 1 is 1.26 bits per heavy atom. The maximum Gasteiger partial charge on any atom is 0.141 e. The van der Waals surface area contributed by atoms with Crippen molar-refractivity contribution in [2.24, 2.45) is 0 Å². The summed E-state index contributed by atoms with van der Waals surface area (Å²) in [7, 11) is 0. The minimum absolute atomic E-state index is 0.391. The molecule has 4 rings (SSSR count). The van der Waals surface area contributed by atoms with Crippen LogP contribution in [0.15, 0.2) is 42.7 Å². The SMILES string of the molecule is CCC1COCCN1c1ncnc2sc(-c3ccccc3)cc12. The van der Waals surface area contributed by atoms with Gasteiger partial charge in [-0.3, -0.25) is 0 Å². The summed E-state index contributed by atoms with van der Waals surface area (Å²) in [6, 6.07) is 13.1. The normalized spacial score (nSPS) is 18.5. The van der Waals surface area contributed by atoms with Gasteiger partial charge < -0.3 is 9.64 Å². The van der Waals surface area contributed by atoms with Gasteiger partial charge in [0.25, 0.3) is 0 Å². The predicted molar refractivity (Wildman–Crippen MR) is 95.1 cm³/mol. The molecule has 0 radical (unpaired) electrons. The number of benzene rings is 1. The first-order chi connectivity index (χ1) is 11.4. The smallest absolute Gasteiger partial charge is 0.141 e. The fraction of sp³-hybridized carbons (Fsp3) is 0.333. The molecule has 0 N–H and O–H groups in total. The highest BCUT2D eigenvalue weighted by Crippen LogP contribution is 2.36. The maximum atomic E-state index is 5.63. The lowest BCUT2D eigenvalue weighted by Crippen LogP contribution is -2.45. The van der Waals surface area contributed by atoms with Gasteiger partial charge >= 0.3 is 0 Å². The molecule has 0 bridgehead atoms. The van der Waals surface area contributed by atoms with Crippen molar-refractivity contribution in [3.63, 3.8) is 0 Å². The van der Waals surface area contributed by atoms with E-state index in [4.69, 9.17) is 4.74 Å². The van der Waals surface area contributed by atoms with E-state index >= 15 is 0 Å². The van der Waals surface area contributed by atoms with Gasteiger partial charge in [0.1, 0.15) is 17.0 Å². The molecule has 0 aliphatic carbocycles. The van der Waals surface area contributed by atoms with Gasteiger partial charge in [-0.05, 0) is 18.1 Å². The Bertz CT molecular complexity index is 802. The van der Waals surface area contributed by atoms with E-state index in [2.05, 4.69) is 52.1 Å². The number of rotatable bonds is 3. The van der Waals surface area contributed by atoms with Crippen LogP contribution in [-0.4, -0.2) is 35.8 Å². The fourth-order valence-corrected chi connectivity index (χ4v) is 4.09. The number of aromatic nitrogens is 2. The van der Waals surface area contributed by atoms with Crippen molar-refractivity contribution in [2.45, 2.75) is 19.4 Å². The van der Waals surface area contributed by atoms with E-state index in [1.807, 2.05) is 6.07 Å². The van der Waals surface area contributed by atoms with Crippen molar-refractivity contribution in [3.8, 4) is 10.4 Å². The molecule has 3 aromatic rings. The standard InChI is InChI=1S/C18H19N3OS/c1-2-14-11-22-9-8-21(14)17-15-10-16(13-6-4-3-5-7-13)23-18(15)20-12-19-17/h3-7,10,12,14H,2,8-9,11H2,1H3. The third-order valence-electron chi connectivity index (χ3n) is 4.34. The summed E-state index contributed by atoms with van der Waals surface area (Å²) >= 11 is 1.73. The van der Waals surface area contributed by atoms with E-state index < -0.39 is 0 Å². The van der Waals surface area contributed by atoms with Gasteiger partial charge in [0, 0.05) is 11.4 Å². The zero-order valence-corrected chi connectivity index (χ0v) is 13.9. The highest BCUT2D eigenvalue weighted by molar-refractivity contribution is 7.21. The molecular weight excluding hydrogens is 306 g/mol. The molecule has 1 aliphatic heterocycles. The van der Waals surface area contributed by atoms with Crippen molar-refractivity contribution >= 4 is 27.4 Å². The molecule has 4 nitrogen and oxygen atoms in total. The Morgan fingerprint density at radius 2 is 2.13 bits per heavy atom. The van der Waals surface area contributed by atoms with Crippen LogP contribution in [0.3, 0.4) is 0 Å². The molecule has 1 fully saturated rings. The predicted octanol–water partition coefficient (Wildman–Crippen LogP) is 3.97. The number of morpholine rings is 1. The molecule has 0 saturated carbocycles. The van der Waals surface area contributed by atoms with Crippen molar-refractivity contribution < 1.29 is 4.74 Å². The third-order valence-corrected chi connectivity index (χ3v) is 5.43. The molecular formula is C18H19N3OS. The molecule has 3 heterocycles. The van der Waals surface area contributed by atoms with Gasteiger partial charge in [-0.15, -0.1) is 11.3 Å². The minimum atomic E-state index is 0.391. The van der Waals surface area contributed by atoms with E-state index in [1.165, 1.54) is 10.4 Å². The average molecular weight is 325 g/mol. The summed E-state index contributed by atoms with van der Waals surface area (Å²) in [6.45, 7) is 4.63. The number of fused-ring (bicyclic) bond motifs is 1. The Kier molecular flexibility index (Phi) is 3.97. The van der Waals surface area contributed by atoms with Crippen LogP contribution in [0.25, 0.3) is 20.7 Å². The molecule has 1 atom stereocenters. The second kappa shape index (κ2) is 6.26. The number of hydrogen-bond acceptors (Lipinski definition) is 5. The van der Waals surface area contributed by atoms with Gasteiger partial charge in [0.2, 0.25) is 0 Å². The van der Waals surface area contributed by atoms with E-state index in [9.17, 15) is 0 Å². The number of anilines is 1. The zero-order chi connectivity index (χ0) is 15.6. The molecule has 0 amide bonds. The minimum Gasteiger partial charge on any atom is -0.377 e. The summed E-state index contributed by atoms with van der Waals surface area (Å²) < 4.78 is 5.63. The maximum absolute atomic E-state index is 5.63. The van der Waals surface area contributed by atoms with Gasteiger partial charge in [0.05, 0.1) is 24.6 Å². The zero-order valence-electron chi connectivity index (χ0n) is 13.1. The van der Waals surface area contributed by atoms with Crippen LogP contribution in [0.1, 0.15) is 13.3 Å². The van der Waals surface area contributed by atoms with Crippen molar-refractivity contribution in [1.29, 1.82) is 0 Å². The molecule has 118 valence electrons. The van der Waals surface area contributed by atoms with E-state index in [-0.39, 0.29) is 0 Å². The van der Waals surface area contributed by atoms with Crippen LogP contribution in [0, 0.1) is 0 Å². The highest BCUT2D eigenvalue weighted by atomic mass is 32.1. The van der Waals surface area contributed by atoms with Crippen molar-refractivity contribution in [3.05, 3.63) is 42.7 Å². The van der Waals surface area contributed by atoms with Crippen LogP contribution in [0.4, 0.5) is 5.82 Å². The molecule has 1 aromatic carbocycles. The van der Waals surface area contributed by atoms with Gasteiger partial charge in [-0.25, -0.2) is 9.97 Å². The number of hydrogen-bond donors (Lipinski definition) is 0. The Balaban J connectivity index is 1.80. The third kappa shape index (κ3) is 2.71. The summed E-state index contributed by atoms with van der Waals surface area (Å²) in [5, 5.41) is 1.15. The van der Waals surface area contributed by atoms with Crippen LogP contribution < -0.4 is 4.90 Å². The molecule has 0 spiro atoms. The van der Waals surface area contributed by atoms with E-state index in [0.717, 1.165) is 42.2 Å². The summed E-state index contributed by atoms with van der Waals surface area (Å²) in [4.78, 5) is 13.8. The lowest BCUT2D eigenvalue weighted by atomic mass is 10.1. The van der Waals surface area contributed by atoms with E-state index in [1.54, 1.807) is 17.7 Å². The second-order valence-corrected chi connectivity index (χ2v) is 6.75. The molecule has 5 heteroatoms. The Hall–Kier alpha value is -1.98. The number of nitrogens with zero attached hydrogens (tertiary/aromatic N) is 3. The summed E-state index contributed by atoms with van der Waals surface area (Å²) in [5.74, 6) is 1.04. The van der Waals surface area contributed by atoms with Crippen molar-refractivity contribution in [2.75, 3.05) is 24.7 Å². The first kappa shape index (κ1) is 14.6. The monoisotopic (exact) mass is 325 g/mol. The van der Waals surface area contributed by atoms with Crippen LogP contribution >= 0.6 is 11.3 Å². The number of ether oxygens (including phenoxy) is 1. The Morgan fingerprint density at radius 3 is 2.96 bits per heavy atom. The fourth-order valence-electron chi connectivity index (χ4n) is 3.09. The summed E-state index contributed by atoms with van der Waals surface area (Å²) in [6.07, 6.45) is 2.74.